The molecule has 1 fully saturated rings. The van der Waals surface area contributed by atoms with E-state index in [-0.39, 0.29) is 23.5 Å². The third-order valence-corrected chi connectivity index (χ3v) is 7.36. The number of ether oxygens (including phenoxy) is 1. The van der Waals surface area contributed by atoms with Gasteiger partial charge in [-0.1, -0.05) is 53.7 Å². The Balaban J connectivity index is 1.36. The molecule has 0 N–H and O–H groups in total. The molecule has 0 saturated carbocycles. The van der Waals surface area contributed by atoms with Crippen molar-refractivity contribution in [2.45, 2.75) is 31.5 Å². The summed E-state index contributed by atoms with van der Waals surface area (Å²) in [5.74, 6) is -0.355. The molecule has 36 heavy (non-hydrogen) atoms. The van der Waals surface area contributed by atoms with Crippen LogP contribution in [0.3, 0.4) is 0 Å². The van der Waals surface area contributed by atoms with Gasteiger partial charge < -0.3 is 14.2 Å². The molecule has 3 heterocycles. The lowest BCUT2D eigenvalue weighted by Crippen LogP contribution is -2.43. The Morgan fingerprint density at radius 1 is 1.17 bits per heavy atom. The smallest absolute Gasteiger partial charge is 0.310 e. The Morgan fingerprint density at radius 3 is 2.86 bits per heavy atom. The number of rotatable bonds is 7. The van der Waals surface area contributed by atoms with Crippen LogP contribution in [-0.2, 0) is 20.9 Å². The fourth-order valence-electron chi connectivity index (χ4n) is 4.60. The van der Waals surface area contributed by atoms with E-state index in [9.17, 15) is 9.59 Å². The topological polar surface area (TPSA) is 90.2 Å². The molecule has 1 atom stereocenters. The fraction of sp³-hybridized carbons (Fsp3) is 0.346. The highest BCUT2D eigenvalue weighted by molar-refractivity contribution is 7.99. The summed E-state index contributed by atoms with van der Waals surface area (Å²) in [6.07, 6.45) is 1.53. The number of carbonyl (C=O) groups excluding carboxylic acids is 2. The number of piperidine rings is 1. The Morgan fingerprint density at radius 2 is 2.03 bits per heavy atom. The van der Waals surface area contributed by atoms with E-state index >= 15 is 0 Å². The average molecular weight is 524 g/mol. The minimum Gasteiger partial charge on any atom is -0.466 e. The quantitative estimate of drug-likeness (QED) is 0.259. The average Bonchev–Trinajstić information content (AvgIpc) is 3.20. The van der Waals surface area contributed by atoms with Crippen LogP contribution < -0.4 is 0 Å². The van der Waals surface area contributed by atoms with E-state index in [1.807, 2.05) is 48.5 Å². The van der Waals surface area contributed by atoms with Gasteiger partial charge in [0.15, 0.2) is 5.65 Å². The van der Waals surface area contributed by atoms with Crippen molar-refractivity contribution in [3.05, 3.63) is 59.1 Å². The molecule has 1 aliphatic rings. The van der Waals surface area contributed by atoms with Gasteiger partial charge >= 0.3 is 5.97 Å². The number of aromatic nitrogens is 4. The zero-order valence-corrected chi connectivity index (χ0v) is 21.5. The van der Waals surface area contributed by atoms with E-state index in [4.69, 9.17) is 21.3 Å². The number of halogens is 1. The summed E-state index contributed by atoms with van der Waals surface area (Å²) in [5, 5.41) is 10.9. The molecule has 8 nitrogen and oxygen atoms in total. The molecule has 2 aromatic carbocycles. The largest absolute Gasteiger partial charge is 0.466 e. The molecule has 1 amide bonds. The lowest BCUT2D eigenvalue weighted by Gasteiger charge is -2.31. The number of amides is 1. The summed E-state index contributed by atoms with van der Waals surface area (Å²) in [7, 11) is 0. The molecule has 0 radical (unpaired) electrons. The fourth-order valence-corrected chi connectivity index (χ4v) is 5.50. The van der Waals surface area contributed by atoms with Gasteiger partial charge in [0.25, 0.3) is 0 Å². The van der Waals surface area contributed by atoms with Gasteiger partial charge in [-0.15, -0.1) is 10.2 Å². The van der Waals surface area contributed by atoms with Crippen molar-refractivity contribution in [1.29, 1.82) is 0 Å². The molecule has 10 heteroatoms. The summed E-state index contributed by atoms with van der Waals surface area (Å²) in [4.78, 5) is 31.5. The van der Waals surface area contributed by atoms with Crippen molar-refractivity contribution in [2.24, 2.45) is 5.92 Å². The van der Waals surface area contributed by atoms with Gasteiger partial charge in [0.05, 0.1) is 23.8 Å². The second-order valence-electron chi connectivity index (χ2n) is 8.72. The minimum absolute atomic E-state index is 0.0443. The highest BCUT2D eigenvalue weighted by Gasteiger charge is 2.29. The van der Waals surface area contributed by atoms with Gasteiger partial charge in [0.2, 0.25) is 11.1 Å². The first-order valence-corrected chi connectivity index (χ1v) is 13.3. The van der Waals surface area contributed by atoms with Crippen LogP contribution in [0.1, 0.15) is 25.3 Å². The van der Waals surface area contributed by atoms with Crippen molar-refractivity contribution < 1.29 is 14.3 Å². The van der Waals surface area contributed by atoms with E-state index < -0.39 is 0 Å². The number of hydrogen-bond acceptors (Lipinski definition) is 7. The number of esters is 1. The lowest BCUT2D eigenvalue weighted by molar-refractivity contribution is -0.151. The molecule has 1 unspecified atom stereocenters. The van der Waals surface area contributed by atoms with E-state index in [0.29, 0.717) is 42.1 Å². The first-order valence-electron chi connectivity index (χ1n) is 12.0. The number of thioether (sulfide) groups is 1. The predicted molar refractivity (Wildman–Crippen MR) is 140 cm³/mol. The first-order chi connectivity index (χ1) is 17.5. The van der Waals surface area contributed by atoms with E-state index in [2.05, 4.69) is 14.8 Å². The second-order valence-corrected chi connectivity index (χ2v) is 10.1. The van der Waals surface area contributed by atoms with Crippen LogP contribution in [-0.4, -0.2) is 62.0 Å². The molecule has 0 aliphatic carbocycles. The maximum Gasteiger partial charge on any atom is 0.310 e. The zero-order valence-electron chi connectivity index (χ0n) is 19.9. The Bertz CT molecular complexity index is 1430. The Hall–Kier alpha value is -3.17. The predicted octanol–water partition coefficient (Wildman–Crippen LogP) is 4.58. The van der Waals surface area contributed by atoms with E-state index in [1.54, 1.807) is 11.8 Å². The Labute approximate surface area is 218 Å². The highest BCUT2D eigenvalue weighted by atomic mass is 35.5. The van der Waals surface area contributed by atoms with Gasteiger partial charge in [0.1, 0.15) is 5.52 Å². The van der Waals surface area contributed by atoms with Crippen molar-refractivity contribution in [2.75, 3.05) is 25.4 Å². The molecule has 2 aromatic heterocycles. The zero-order chi connectivity index (χ0) is 25.1. The molecule has 1 saturated heterocycles. The monoisotopic (exact) mass is 523 g/mol. The van der Waals surface area contributed by atoms with Gasteiger partial charge in [-0.25, -0.2) is 4.98 Å². The number of likely N-dealkylation sites (tertiary alicyclic amines) is 1. The number of benzene rings is 2. The van der Waals surface area contributed by atoms with Crippen LogP contribution in [0.15, 0.2) is 53.7 Å². The van der Waals surface area contributed by atoms with Gasteiger partial charge in [0, 0.05) is 30.0 Å². The van der Waals surface area contributed by atoms with Crippen LogP contribution in [0.2, 0.25) is 5.02 Å². The normalized spacial score (nSPS) is 15.9. The summed E-state index contributed by atoms with van der Waals surface area (Å²) >= 11 is 7.47. The number of carbonyl (C=O) groups is 2. The Kier molecular flexibility index (Phi) is 7.38. The molecular formula is C26H26ClN5O3S. The van der Waals surface area contributed by atoms with Crippen LogP contribution >= 0.6 is 23.4 Å². The SMILES string of the molecule is CCOC(=O)C1CCCN(C(=O)CSc2nnc3c4ccccc4n(Cc4cccc(Cl)c4)c3n2)C1. The molecule has 1 aliphatic heterocycles. The molecule has 186 valence electrons. The minimum atomic E-state index is -0.260. The third kappa shape index (κ3) is 5.17. The maximum atomic E-state index is 12.9. The first kappa shape index (κ1) is 24.5. The van der Waals surface area contributed by atoms with E-state index in [1.165, 1.54) is 11.8 Å². The van der Waals surface area contributed by atoms with Gasteiger partial charge in [-0.2, -0.15) is 0 Å². The van der Waals surface area contributed by atoms with Gasteiger partial charge in [-0.05, 0) is 43.5 Å². The van der Waals surface area contributed by atoms with Crippen molar-refractivity contribution in [1.82, 2.24) is 24.6 Å². The molecule has 5 rings (SSSR count). The van der Waals surface area contributed by atoms with Crippen LogP contribution in [0, 0.1) is 5.92 Å². The summed E-state index contributed by atoms with van der Waals surface area (Å²) < 4.78 is 7.25. The van der Waals surface area contributed by atoms with Crippen LogP contribution in [0.25, 0.3) is 22.1 Å². The molecule has 0 spiro atoms. The molecule has 0 bridgehead atoms. The van der Waals surface area contributed by atoms with Crippen molar-refractivity contribution >= 4 is 57.3 Å². The summed E-state index contributed by atoms with van der Waals surface area (Å²) in [6.45, 7) is 3.75. The van der Waals surface area contributed by atoms with Crippen molar-refractivity contribution in [3.63, 3.8) is 0 Å². The summed E-state index contributed by atoms with van der Waals surface area (Å²) in [6, 6.07) is 15.7. The molecule has 4 aromatic rings. The van der Waals surface area contributed by atoms with Gasteiger partial charge in [-0.3, -0.25) is 9.59 Å². The number of para-hydroxylation sites is 1. The number of nitrogens with zero attached hydrogens (tertiary/aromatic N) is 5. The number of hydrogen-bond donors (Lipinski definition) is 0. The van der Waals surface area contributed by atoms with Crippen molar-refractivity contribution in [3.8, 4) is 0 Å². The summed E-state index contributed by atoms with van der Waals surface area (Å²) in [5.41, 5.74) is 3.48. The highest BCUT2D eigenvalue weighted by Crippen LogP contribution is 2.28. The number of fused-ring (bicyclic) bond motifs is 3. The standard InChI is InChI=1S/C26H26ClN5O3S/c1-2-35-25(34)18-8-6-12-31(15-18)22(33)16-36-26-28-24-23(29-30-26)20-10-3-4-11-21(20)32(24)14-17-7-5-9-19(27)13-17/h3-5,7,9-11,13,18H,2,6,8,12,14-16H2,1H3. The lowest BCUT2D eigenvalue weighted by atomic mass is 9.98. The van der Waals surface area contributed by atoms with E-state index in [0.717, 1.165) is 34.8 Å². The second kappa shape index (κ2) is 10.8. The van der Waals surface area contributed by atoms with Crippen LogP contribution in [0.4, 0.5) is 0 Å². The van der Waals surface area contributed by atoms with Crippen LogP contribution in [0.5, 0.6) is 0 Å². The molecular weight excluding hydrogens is 498 g/mol. The maximum absolute atomic E-state index is 12.9. The third-order valence-electron chi connectivity index (χ3n) is 6.30.